The minimum absolute atomic E-state index is 0.326. The van der Waals surface area contributed by atoms with Gasteiger partial charge in [0.05, 0.1) is 6.10 Å². The van der Waals surface area contributed by atoms with E-state index < -0.39 is 8.32 Å². The van der Waals surface area contributed by atoms with Gasteiger partial charge in [0.25, 0.3) is 0 Å². The summed E-state index contributed by atoms with van der Waals surface area (Å²) in [5.74, 6) is 0. The second-order valence-corrected chi connectivity index (χ2v) is 7.46. The van der Waals surface area contributed by atoms with E-state index in [0.29, 0.717) is 6.10 Å². The molecule has 1 fully saturated rings. The molecule has 9 heavy (non-hydrogen) atoms. The Morgan fingerprint density at radius 2 is 2.22 bits per heavy atom. The summed E-state index contributed by atoms with van der Waals surface area (Å²) in [6.07, 6.45) is 0.326. The zero-order valence-electron chi connectivity index (χ0n) is 6.40. The first-order chi connectivity index (χ1) is 4.01. The molecule has 0 aliphatic carbocycles. The third kappa shape index (κ3) is 1.43. The van der Waals surface area contributed by atoms with E-state index in [0.717, 1.165) is 6.04 Å². The summed E-state index contributed by atoms with van der Waals surface area (Å²) >= 11 is 0. The van der Waals surface area contributed by atoms with Crippen LogP contribution in [0, 0.1) is 0 Å². The van der Waals surface area contributed by atoms with E-state index >= 15 is 0 Å². The fraction of sp³-hybridized carbons (Fsp3) is 0.714. The molecule has 0 bridgehead atoms. The van der Waals surface area contributed by atoms with Crippen molar-refractivity contribution in [2.45, 2.75) is 32.2 Å². The zero-order valence-corrected chi connectivity index (χ0v) is 7.40. The summed E-state index contributed by atoms with van der Waals surface area (Å²) in [6, 6.07) is 1.15. The van der Waals surface area contributed by atoms with Gasteiger partial charge in [-0.05, 0) is 26.1 Å². The van der Waals surface area contributed by atoms with Crippen LogP contribution in [0.1, 0.15) is 6.92 Å². The molecule has 1 nitrogen and oxygen atoms in total. The Hall–Kier alpha value is -0.0831. The molecular weight excluding hydrogens is 128 g/mol. The third-order valence-electron chi connectivity index (χ3n) is 1.72. The van der Waals surface area contributed by atoms with E-state index in [-0.39, 0.29) is 0 Å². The highest BCUT2D eigenvalue weighted by atomic mass is 28.4. The smallest absolute Gasteiger partial charge is 0.191 e. The van der Waals surface area contributed by atoms with Crippen molar-refractivity contribution in [2.24, 2.45) is 0 Å². The van der Waals surface area contributed by atoms with E-state index in [9.17, 15) is 0 Å². The lowest BCUT2D eigenvalue weighted by atomic mass is 10.2. The maximum Gasteiger partial charge on any atom is 0.191 e. The van der Waals surface area contributed by atoms with Crippen LogP contribution >= 0.6 is 0 Å². The molecule has 1 aliphatic heterocycles. The van der Waals surface area contributed by atoms with Gasteiger partial charge in [-0.3, -0.25) is 0 Å². The molecule has 1 saturated heterocycles. The molecular formula is C7H14OSi. The Kier molecular flexibility index (Phi) is 1.53. The minimum Gasteiger partial charge on any atom is -0.411 e. The van der Waals surface area contributed by atoms with Crippen LogP contribution < -0.4 is 0 Å². The van der Waals surface area contributed by atoms with Crippen molar-refractivity contribution in [1.82, 2.24) is 0 Å². The topological polar surface area (TPSA) is 9.23 Å². The van der Waals surface area contributed by atoms with E-state index in [4.69, 9.17) is 4.43 Å². The van der Waals surface area contributed by atoms with Crippen molar-refractivity contribution in [3.8, 4) is 0 Å². The van der Waals surface area contributed by atoms with Crippen LogP contribution in [0.25, 0.3) is 0 Å². The van der Waals surface area contributed by atoms with Gasteiger partial charge in [-0.25, -0.2) is 0 Å². The van der Waals surface area contributed by atoms with Gasteiger partial charge < -0.3 is 4.43 Å². The second-order valence-electron chi connectivity index (χ2n) is 3.35. The number of hydrogen-bond acceptors (Lipinski definition) is 1. The van der Waals surface area contributed by atoms with Crippen molar-refractivity contribution < 1.29 is 4.43 Å². The molecule has 1 rings (SSSR count). The van der Waals surface area contributed by atoms with Crippen molar-refractivity contribution in [3.63, 3.8) is 0 Å². The summed E-state index contributed by atoms with van der Waals surface area (Å²) < 4.78 is 5.70. The van der Waals surface area contributed by atoms with Crippen LogP contribution in [0.15, 0.2) is 12.2 Å². The van der Waals surface area contributed by atoms with Gasteiger partial charge in [-0.1, -0.05) is 12.2 Å². The van der Waals surface area contributed by atoms with Crippen LogP contribution in [-0.2, 0) is 4.43 Å². The van der Waals surface area contributed by atoms with E-state index in [1.165, 1.54) is 5.57 Å². The van der Waals surface area contributed by atoms with Crippen molar-refractivity contribution >= 4 is 8.32 Å². The maximum atomic E-state index is 5.70. The van der Waals surface area contributed by atoms with E-state index in [2.05, 4.69) is 26.6 Å². The summed E-state index contributed by atoms with van der Waals surface area (Å²) in [4.78, 5) is 0. The fourth-order valence-corrected chi connectivity index (χ4v) is 3.88. The highest BCUT2D eigenvalue weighted by Crippen LogP contribution is 2.30. The molecule has 0 amide bonds. The average Bonchev–Trinajstić information content (AvgIpc) is 1.79. The second kappa shape index (κ2) is 1.96. The molecule has 1 aliphatic rings. The van der Waals surface area contributed by atoms with Gasteiger partial charge in [0.2, 0.25) is 0 Å². The molecule has 0 aromatic heterocycles. The Morgan fingerprint density at radius 3 is 2.33 bits per heavy atom. The molecule has 0 N–H and O–H groups in total. The van der Waals surface area contributed by atoms with Crippen LogP contribution in [0.5, 0.6) is 0 Å². The van der Waals surface area contributed by atoms with Gasteiger partial charge in [-0.15, -0.1) is 0 Å². The highest BCUT2D eigenvalue weighted by molar-refractivity contribution is 6.72. The molecule has 0 spiro atoms. The van der Waals surface area contributed by atoms with Crippen molar-refractivity contribution in [1.29, 1.82) is 0 Å². The van der Waals surface area contributed by atoms with E-state index in [1.807, 2.05) is 0 Å². The minimum atomic E-state index is -1.27. The molecule has 1 unspecified atom stereocenters. The van der Waals surface area contributed by atoms with Crippen LogP contribution in [0.4, 0.5) is 0 Å². The van der Waals surface area contributed by atoms with Crippen molar-refractivity contribution in [3.05, 3.63) is 12.2 Å². The largest absolute Gasteiger partial charge is 0.411 e. The lowest BCUT2D eigenvalue weighted by Crippen LogP contribution is -2.24. The lowest BCUT2D eigenvalue weighted by Gasteiger charge is -2.13. The quantitative estimate of drug-likeness (QED) is 0.372. The molecule has 0 saturated carbocycles. The first-order valence-corrected chi connectivity index (χ1v) is 6.48. The molecule has 2 heteroatoms. The van der Waals surface area contributed by atoms with Crippen molar-refractivity contribution in [2.75, 3.05) is 0 Å². The van der Waals surface area contributed by atoms with E-state index in [1.54, 1.807) is 0 Å². The predicted molar refractivity (Wildman–Crippen MR) is 42.0 cm³/mol. The Morgan fingerprint density at radius 1 is 1.67 bits per heavy atom. The average molecular weight is 142 g/mol. The predicted octanol–water partition coefficient (Wildman–Crippen LogP) is 2.17. The normalized spacial score (nSPS) is 33.2. The van der Waals surface area contributed by atoms with Gasteiger partial charge in [-0.2, -0.15) is 0 Å². The van der Waals surface area contributed by atoms with Gasteiger partial charge in [0, 0.05) is 0 Å². The molecule has 1 atom stereocenters. The lowest BCUT2D eigenvalue weighted by molar-refractivity contribution is 0.276. The standard InChI is InChI=1S/C7H14OSi/c1-6-5-9(3,4)8-7(6)2/h7H,1,5H2,2-4H3. The maximum absolute atomic E-state index is 5.70. The third-order valence-corrected chi connectivity index (χ3v) is 4.02. The first-order valence-electron chi connectivity index (χ1n) is 3.37. The SMILES string of the molecule is C=C1C[Si](C)(C)OC1C. The molecule has 52 valence electrons. The van der Waals surface area contributed by atoms with Crippen LogP contribution in [0.2, 0.25) is 19.1 Å². The first kappa shape index (κ1) is 7.03. The molecule has 1 heterocycles. The summed E-state index contributed by atoms with van der Waals surface area (Å²) in [5.41, 5.74) is 1.28. The van der Waals surface area contributed by atoms with Gasteiger partial charge in [0.15, 0.2) is 8.32 Å². The Bertz CT molecular complexity index is 140. The summed E-state index contributed by atoms with van der Waals surface area (Å²) in [6.45, 7) is 10.5. The molecule has 0 aromatic rings. The number of rotatable bonds is 0. The number of hydrogen-bond donors (Lipinski definition) is 0. The highest BCUT2D eigenvalue weighted by Gasteiger charge is 2.34. The van der Waals surface area contributed by atoms with Gasteiger partial charge >= 0.3 is 0 Å². The Balaban J connectivity index is 2.65. The van der Waals surface area contributed by atoms with Gasteiger partial charge in [0.1, 0.15) is 0 Å². The molecule has 0 aromatic carbocycles. The summed E-state index contributed by atoms with van der Waals surface area (Å²) in [5, 5.41) is 0. The van der Waals surface area contributed by atoms with Crippen LogP contribution in [-0.4, -0.2) is 14.4 Å². The van der Waals surface area contributed by atoms with Crippen LogP contribution in [0.3, 0.4) is 0 Å². The summed E-state index contributed by atoms with van der Waals surface area (Å²) in [7, 11) is -1.27. The zero-order chi connectivity index (χ0) is 7.07. The molecule has 0 radical (unpaired) electrons. The fourth-order valence-electron chi connectivity index (χ4n) is 1.29. The Labute approximate surface area is 57.9 Å². The monoisotopic (exact) mass is 142 g/mol.